The molecular weight excluding hydrogens is 186 g/mol. The minimum Gasteiger partial charge on any atom is -0.326 e. The SMILES string of the molecule is NCc1sccc1Br. The van der Waals surface area contributed by atoms with Gasteiger partial charge in [0.1, 0.15) is 0 Å². The van der Waals surface area contributed by atoms with Crippen LogP contribution in [0, 0.1) is 0 Å². The molecule has 0 atom stereocenters. The van der Waals surface area contributed by atoms with Gasteiger partial charge in [-0.3, -0.25) is 0 Å². The van der Waals surface area contributed by atoms with Crippen LogP contribution in [0.4, 0.5) is 0 Å². The standard InChI is InChI=1S/C5H6BrNS/c6-4-1-2-8-5(4)3-7/h1-2H,3,7H2. The van der Waals surface area contributed by atoms with Crippen LogP contribution >= 0.6 is 27.3 Å². The highest BCUT2D eigenvalue weighted by molar-refractivity contribution is 9.10. The van der Waals surface area contributed by atoms with Gasteiger partial charge in [0.2, 0.25) is 0 Å². The molecule has 1 nitrogen and oxygen atoms in total. The molecule has 0 saturated carbocycles. The molecule has 0 unspecified atom stereocenters. The number of halogens is 1. The molecule has 2 N–H and O–H groups in total. The Bertz CT molecular complexity index is 173. The van der Waals surface area contributed by atoms with Gasteiger partial charge in [-0.15, -0.1) is 11.3 Å². The molecule has 3 heteroatoms. The van der Waals surface area contributed by atoms with E-state index in [0.29, 0.717) is 6.54 Å². The van der Waals surface area contributed by atoms with Crippen LogP contribution in [0.2, 0.25) is 0 Å². The molecule has 8 heavy (non-hydrogen) atoms. The van der Waals surface area contributed by atoms with Gasteiger partial charge in [-0.1, -0.05) is 0 Å². The van der Waals surface area contributed by atoms with E-state index in [0.717, 1.165) is 4.47 Å². The summed E-state index contributed by atoms with van der Waals surface area (Å²) in [7, 11) is 0. The molecule has 1 rings (SSSR count). The van der Waals surface area contributed by atoms with E-state index in [1.165, 1.54) is 4.88 Å². The maximum atomic E-state index is 5.38. The minimum atomic E-state index is 0.637. The average Bonchev–Trinajstić information content (AvgIpc) is 2.14. The van der Waals surface area contributed by atoms with E-state index in [2.05, 4.69) is 15.9 Å². The van der Waals surface area contributed by atoms with Crippen LogP contribution < -0.4 is 5.73 Å². The van der Waals surface area contributed by atoms with Crippen molar-refractivity contribution in [1.82, 2.24) is 0 Å². The lowest BCUT2D eigenvalue weighted by molar-refractivity contribution is 1.10. The highest BCUT2D eigenvalue weighted by Gasteiger charge is 1.94. The highest BCUT2D eigenvalue weighted by Crippen LogP contribution is 2.21. The fourth-order valence-corrected chi connectivity index (χ4v) is 1.87. The lowest BCUT2D eigenvalue weighted by Crippen LogP contribution is -1.92. The Morgan fingerprint density at radius 2 is 2.50 bits per heavy atom. The van der Waals surface area contributed by atoms with Gasteiger partial charge in [-0.05, 0) is 27.4 Å². The first-order valence-corrected chi connectivity index (χ1v) is 3.94. The summed E-state index contributed by atoms with van der Waals surface area (Å²) in [6.45, 7) is 0.637. The Morgan fingerprint density at radius 1 is 1.75 bits per heavy atom. The Hall–Kier alpha value is 0.140. The lowest BCUT2D eigenvalue weighted by atomic mass is 10.5. The predicted molar refractivity (Wildman–Crippen MR) is 39.9 cm³/mol. The van der Waals surface area contributed by atoms with E-state index in [-0.39, 0.29) is 0 Å². The van der Waals surface area contributed by atoms with Gasteiger partial charge in [-0.2, -0.15) is 0 Å². The van der Waals surface area contributed by atoms with Gasteiger partial charge < -0.3 is 5.73 Å². The Labute approximate surface area is 60.6 Å². The van der Waals surface area contributed by atoms with Gasteiger partial charge in [0.05, 0.1) is 0 Å². The summed E-state index contributed by atoms with van der Waals surface area (Å²) in [4.78, 5) is 1.21. The molecular formula is C5H6BrNS. The van der Waals surface area contributed by atoms with Gasteiger partial charge in [-0.25, -0.2) is 0 Å². The summed E-state index contributed by atoms with van der Waals surface area (Å²) in [5, 5.41) is 2.02. The maximum absolute atomic E-state index is 5.38. The molecule has 0 radical (unpaired) electrons. The number of hydrogen-bond donors (Lipinski definition) is 1. The van der Waals surface area contributed by atoms with Crippen LogP contribution in [0.5, 0.6) is 0 Å². The van der Waals surface area contributed by atoms with E-state index in [9.17, 15) is 0 Å². The Balaban J connectivity index is 2.92. The first-order chi connectivity index (χ1) is 3.84. The lowest BCUT2D eigenvalue weighted by Gasteiger charge is -1.86. The third-order valence-electron chi connectivity index (χ3n) is 0.876. The second-order valence-corrected chi connectivity index (χ2v) is 3.25. The minimum absolute atomic E-state index is 0.637. The van der Waals surface area contributed by atoms with Crippen molar-refractivity contribution in [1.29, 1.82) is 0 Å². The molecule has 1 aromatic rings. The van der Waals surface area contributed by atoms with Crippen molar-refractivity contribution < 1.29 is 0 Å². The monoisotopic (exact) mass is 191 g/mol. The molecule has 0 spiro atoms. The number of rotatable bonds is 1. The van der Waals surface area contributed by atoms with Crippen molar-refractivity contribution in [2.24, 2.45) is 5.73 Å². The van der Waals surface area contributed by atoms with Gasteiger partial charge in [0.25, 0.3) is 0 Å². The first kappa shape index (κ1) is 6.26. The third-order valence-corrected chi connectivity index (χ3v) is 2.83. The quantitative estimate of drug-likeness (QED) is 0.723. The zero-order chi connectivity index (χ0) is 5.98. The van der Waals surface area contributed by atoms with Crippen LogP contribution in [-0.2, 0) is 6.54 Å². The molecule has 1 aromatic heterocycles. The van der Waals surface area contributed by atoms with E-state index in [1.54, 1.807) is 11.3 Å². The van der Waals surface area contributed by atoms with Crippen molar-refractivity contribution >= 4 is 27.3 Å². The largest absolute Gasteiger partial charge is 0.326 e. The molecule has 0 bridgehead atoms. The van der Waals surface area contributed by atoms with Crippen LogP contribution in [0.3, 0.4) is 0 Å². The van der Waals surface area contributed by atoms with E-state index in [1.807, 2.05) is 11.4 Å². The Morgan fingerprint density at radius 3 is 2.75 bits per heavy atom. The van der Waals surface area contributed by atoms with Crippen LogP contribution in [0.15, 0.2) is 15.9 Å². The van der Waals surface area contributed by atoms with Gasteiger partial charge in [0.15, 0.2) is 0 Å². The predicted octanol–water partition coefficient (Wildman–Crippen LogP) is 1.97. The van der Waals surface area contributed by atoms with Gasteiger partial charge >= 0.3 is 0 Å². The second-order valence-electron chi connectivity index (χ2n) is 1.40. The summed E-state index contributed by atoms with van der Waals surface area (Å²) < 4.78 is 1.13. The molecule has 1 heterocycles. The number of hydrogen-bond acceptors (Lipinski definition) is 2. The molecule has 0 aromatic carbocycles. The van der Waals surface area contributed by atoms with Crippen molar-refractivity contribution in [2.75, 3.05) is 0 Å². The van der Waals surface area contributed by atoms with Crippen molar-refractivity contribution in [3.63, 3.8) is 0 Å². The maximum Gasteiger partial charge on any atom is 0.0327 e. The fraction of sp³-hybridized carbons (Fsp3) is 0.200. The number of nitrogens with two attached hydrogens (primary N) is 1. The second kappa shape index (κ2) is 2.62. The molecule has 44 valence electrons. The van der Waals surface area contributed by atoms with Gasteiger partial charge in [0, 0.05) is 15.9 Å². The summed E-state index contributed by atoms with van der Waals surface area (Å²) >= 11 is 5.03. The molecule has 0 aliphatic rings. The summed E-state index contributed by atoms with van der Waals surface area (Å²) in [6, 6.07) is 2.01. The smallest absolute Gasteiger partial charge is 0.0327 e. The summed E-state index contributed by atoms with van der Waals surface area (Å²) in [5.41, 5.74) is 5.38. The highest BCUT2D eigenvalue weighted by atomic mass is 79.9. The molecule has 0 aliphatic carbocycles. The van der Waals surface area contributed by atoms with Crippen molar-refractivity contribution in [3.05, 3.63) is 20.8 Å². The molecule has 0 amide bonds. The fourth-order valence-electron chi connectivity index (χ4n) is 0.471. The third kappa shape index (κ3) is 1.10. The van der Waals surface area contributed by atoms with Crippen molar-refractivity contribution in [2.45, 2.75) is 6.54 Å². The van der Waals surface area contributed by atoms with Crippen LogP contribution in [0.25, 0.3) is 0 Å². The average molecular weight is 192 g/mol. The van der Waals surface area contributed by atoms with Crippen LogP contribution in [-0.4, -0.2) is 0 Å². The topological polar surface area (TPSA) is 26.0 Å². The molecule has 0 fully saturated rings. The normalized spacial score (nSPS) is 9.75. The zero-order valence-electron chi connectivity index (χ0n) is 4.23. The molecule has 0 aliphatic heterocycles. The summed E-state index contributed by atoms with van der Waals surface area (Å²) in [5.74, 6) is 0. The molecule has 0 saturated heterocycles. The van der Waals surface area contributed by atoms with Crippen LogP contribution in [0.1, 0.15) is 4.88 Å². The van der Waals surface area contributed by atoms with E-state index < -0.39 is 0 Å². The first-order valence-electron chi connectivity index (χ1n) is 2.26. The zero-order valence-corrected chi connectivity index (χ0v) is 6.63. The number of thiophene rings is 1. The Kier molecular flexibility index (Phi) is 2.05. The van der Waals surface area contributed by atoms with Crippen molar-refractivity contribution in [3.8, 4) is 0 Å². The summed E-state index contributed by atoms with van der Waals surface area (Å²) in [6.07, 6.45) is 0. The van der Waals surface area contributed by atoms with E-state index >= 15 is 0 Å². The van der Waals surface area contributed by atoms with E-state index in [4.69, 9.17) is 5.73 Å².